The Hall–Kier alpha value is -0.930. The van der Waals surface area contributed by atoms with Crippen LogP contribution in [0.25, 0.3) is 0 Å². The Morgan fingerprint density at radius 1 is 1.37 bits per heavy atom. The van der Waals surface area contributed by atoms with Crippen molar-refractivity contribution in [3.05, 3.63) is 34.6 Å². The van der Waals surface area contributed by atoms with Crippen molar-refractivity contribution in [1.29, 1.82) is 0 Å². The molecule has 1 aliphatic rings. The third-order valence-electron chi connectivity index (χ3n) is 4.03. The summed E-state index contributed by atoms with van der Waals surface area (Å²) in [5, 5.41) is 14.1. The average Bonchev–Trinajstić information content (AvgIpc) is 2.27. The number of aliphatic hydroxyl groups is 1. The highest BCUT2D eigenvalue weighted by Crippen LogP contribution is 2.33. The van der Waals surface area contributed by atoms with Crippen LogP contribution < -0.4 is 5.32 Å². The standard InChI is InChI=1S/C16H24FNO/c1-11-8-12(2)15(14(17)9-11)16(3,19)10-13-6-4-5-7-18-13/h8-9,13,18-19H,4-7,10H2,1-3H3. The van der Waals surface area contributed by atoms with Crippen molar-refractivity contribution in [3.63, 3.8) is 0 Å². The lowest BCUT2D eigenvalue weighted by atomic mass is 9.83. The van der Waals surface area contributed by atoms with Crippen molar-refractivity contribution in [2.75, 3.05) is 6.54 Å². The predicted octanol–water partition coefficient (Wildman–Crippen LogP) is 3.18. The topological polar surface area (TPSA) is 32.3 Å². The van der Waals surface area contributed by atoms with E-state index in [-0.39, 0.29) is 11.9 Å². The van der Waals surface area contributed by atoms with Crippen molar-refractivity contribution >= 4 is 0 Å². The van der Waals surface area contributed by atoms with Gasteiger partial charge in [-0.3, -0.25) is 0 Å². The summed E-state index contributed by atoms with van der Waals surface area (Å²) in [5.41, 5.74) is 1.06. The molecule has 0 bridgehead atoms. The largest absolute Gasteiger partial charge is 0.385 e. The molecule has 2 unspecified atom stereocenters. The Bertz CT molecular complexity index is 427. The van der Waals surface area contributed by atoms with Crippen LogP contribution in [0.1, 0.15) is 49.3 Å². The molecule has 2 atom stereocenters. The second-order valence-electron chi connectivity index (χ2n) is 6.06. The second-order valence-corrected chi connectivity index (χ2v) is 6.06. The highest BCUT2D eigenvalue weighted by molar-refractivity contribution is 5.36. The minimum Gasteiger partial charge on any atom is -0.385 e. The third kappa shape index (κ3) is 3.34. The van der Waals surface area contributed by atoms with E-state index in [4.69, 9.17) is 0 Å². The van der Waals surface area contributed by atoms with Crippen LogP contribution in [0.4, 0.5) is 4.39 Å². The molecular weight excluding hydrogens is 241 g/mol. The lowest BCUT2D eigenvalue weighted by Crippen LogP contribution is -2.40. The van der Waals surface area contributed by atoms with Crippen LogP contribution in [0, 0.1) is 19.7 Å². The normalized spacial score (nSPS) is 23.1. The molecule has 1 heterocycles. The maximum Gasteiger partial charge on any atom is 0.129 e. The molecule has 19 heavy (non-hydrogen) atoms. The van der Waals surface area contributed by atoms with Gasteiger partial charge in [-0.1, -0.05) is 12.5 Å². The quantitative estimate of drug-likeness (QED) is 0.879. The van der Waals surface area contributed by atoms with Crippen molar-refractivity contribution in [3.8, 4) is 0 Å². The number of nitrogens with one attached hydrogen (secondary N) is 1. The summed E-state index contributed by atoms with van der Waals surface area (Å²) in [4.78, 5) is 0. The Labute approximate surface area is 115 Å². The fourth-order valence-corrected chi connectivity index (χ4v) is 3.28. The van der Waals surface area contributed by atoms with Gasteiger partial charge in [0.1, 0.15) is 5.82 Å². The van der Waals surface area contributed by atoms with E-state index in [1.54, 1.807) is 6.92 Å². The van der Waals surface area contributed by atoms with Gasteiger partial charge in [0.05, 0.1) is 5.60 Å². The van der Waals surface area contributed by atoms with Gasteiger partial charge in [0, 0.05) is 11.6 Å². The molecular formula is C16H24FNO. The summed E-state index contributed by atoms with van der Waals surface area (Å²) in [5.74, 6) is -0.293. The summed E-state index contributed by atoms with van der Waals surface area (Å²) < 4.78 is 14.2. The molecule has 106 valence electrons. The molecule has 0 radical (unpaired) electrons. The number of hydrogen-bond donors (Lipinski definition) is 2. The van der Waals surface area contributed by atoms with Crippen LogP contribution in [-0.2, 0) is 5.60 Å². The third-order valence-corrected chi connectivity index (χ3v) is 4.03. The van der Waals surface area contributed by atoms with Gasteiger partial charge >= 0.3 is 0 Å². The van der Waals surface area contributed by atoms with E-state index >= 15 is 0 Å². The zero-order valence-electron chi connectivity index (χ0n) is 12.1. The first-order valence-corrected chi connectivity index (χ1v) is 7.13. The molecule has 1 saturated heterocycles. The van der Waals surface area contributed by atoms with E-state index < -0.39 is 5.60 Å². The number of piperidine rings is 1. The Morgan fingerprint density at radius 2 is 2.11 bits per heavy atom. The summed E-state index contributed by atoms with van der Waals surface area (Å²) in [7, 11) is 0. The first-order chi connectivity index (χ1) is 8.90. The van der Waals surface area contributed by atoms with E-state index in [2.05, 4.69) is 5.32 Å². The molecule has 0 aliphatic carbocycles. The molecule has 0 aromatic heterocycles. The Kier molecular flexibility index (Phi) is 4.26. The van der Waals surface area contributed by atoms with Crippen molar-refractivity contribution in [1.82, 2.24) is 5.32 Å². The number of aryl methyl sites for hydroxylation is 2. The van der Waals surface area contributed by atoms with Crippen molar-refractivity contribution < 1.29 is 9.50 Å². The van der Waals surface area contributed by atoms with Crippen LogP contribution in [-0.4, -0.2) is 17.7 Å². The fourth-order valence-electron chi connectivity index (χ4n) is 3.28. The van der Waals surface area contributed by atoms with Gasteiger partial charge in [0.15, 0.2) is 0 Å². The number of benzene rings is 1. The molecule has 2 rings (SSSR count). The summed E-state index contributed by atoms with van der Waals surface area (Å²) in [6.45, 7) is 6.46. The first kappa shape index (κ1) is 14.5. The zero-order valence-corrected chi connectivity index (χ0v) is 12.1. The molecule has 2 nitrogen and oxygen atoms in total. The Morgan fingerprint density at radius 3 is 2.68 bits per heavy atom. The molecule has 0 amide bonds. The monoisotopic (exact) mass is 265 g/mol. The lowest BCUT2D eigenvalue weighted by Gasteiger charge is -2.33. The van der Waals surface area contributed by atoms with Crippen LogP contribution in [0.2, 0.25) is 0 Å². The highest BCUT2D eigenvalue weighted by atomic mass is 19.1. The Balaban J connectivity index is 2.23. The first-order valence-electron chi connectivity index (χ1n) is 7.13. The smallest absolute Gasteiger partial charge is 0.129 e. The summed E-state index contributed by atoms with van der Waals surface area (Å²) in [6, 6.07) is 3.72. The molecule has 1 fully saturated rings. The van der Waals surface area contributed by atoms with Gasteiger partial charge in [0.2, 0.25) is 0 Å². The lowest BCUT2D eigenvalue weighted by molar-refractivity contribution is 0.0292. The minimum atomic E-state index is -1.11. The molecule has 0 spiro atoms. The van der Waals surface area contributed by atoms with Gasteiger partial charge in [-0.2, -0.15) is 0 Å². The van der Waals surface area contributed by atoms with E-state index in [1.165, 1.54) is 18.9 Å². The van der Waals surface area contributed by atoms with Crippen molar-refractivity contribution in [2.45, 2.75) is 58.1 Å². The molecule has 2 N–H and O–H groups in total. The van der Waals surface area contributed by atoms with E-state index in [0.29, 0.717) is 12.0 Å². The van der Waals surface area contributed by atoms with E-state index in [9.17, 15) is 9.50 Å². The predicted molar refractivity (Wildman–Crippen MR) is 75.7 cm³/mol. The molecule has 1 aliphatic heterocycles. The van der Waals surface area contributed by atoms with Crippen LogP contribution >= 0.6 is 0 Å². The van der Waals surface area contributed by atoms with E-state index in [1.807, 2.05) is 19.9 Å². The summed E-state index contributed by atoms with van der Waals surface area (Å²) >= 11 is 0. The zero-order chi connectivity index (χ0) is 14.0. The molecule has 1 aromatic rings. The van der Waals surface area contributed by atoms with Gasteiger partial charge in [-0.25, -0.2) is 4.39 Å². The van der Waals surface area contributed by atoms with Crippen LogP contribution in [0.5, 0.6) is 0 Å². The SMILES string of the molecule is Cc1cc(C)c(C(C)(O)CC2CCCCN2)c(F)c1. The van der Waals surface area contributed by atoms with Gasteiger partial charge in [-0.05, 0) is 63.8 Å². The van der Waals surface area contributed by atoms with Crippen LogP contribution in [0.3, 0.4) is 0 Å². The second kappa shape index (κ2) is 5.59. The van der Waals surface area contributed by atoms with Gasteiger partial charge in [-0.15, -0.1) is 0 Å². The number of halogens is 1. The van der Waals surface area contributed by atoms with Gasteiger partial charge in [0.25, 0.3) is 0 Å². The molecule has 1 aromatic carbocycles. The maximum atomic E-state index is 14.2. The maximum absolute atomic E-state index is 14.2. The summed E-state index contributed by atoms with van der Waals surface area (Å²) in [6.07, 6.45) is 4.00. The van der Waals surface area contributed by atoms with E-state index in [0.717, 1.165) is 24.1 Å². The van der Waals surface area contributed by atoms with Crippen LogP contribution in [0.15, 0.2) is 12.1 Å². The van der Waals surface area contributed by atoms with Crippen molar-refractivity contribution in [2.24, 2.45) is 0 Å². The van der Waals surface area contributed by atoms with Gasteiger partial charge < -0.3 is 10.4 Å². The number of hydrogen-bond acceptors (Lipinski definition) is 2. The minimum absolute atomic E-state index is 0.281. The molecule has 0 saturated carbocycles. The molecule has 3 heteroatoms. The highest BCUT2D eigenvalue weighted by Gasteiger charge is 2.32. The average molecular weight is 265 g/mol. The fraction of sp³-hybridized carbons (Fsp3) is 0.625. The number of rotatable bonds is 3.